The number of anilines is 1. The third-order valence-electron chi connectivity index (χ3n) is 6.68. The summed E-state index contributed by atoms with van der Waals surface area (Å²) in [6.07, 6.45) is 0.207. The Bertz CT molecular complexity index is 1110. The molecule has 2 aliphatic heterocycles. The average Bonchev–Trinajstić information content (AvgIpc) is 3.26. The maximum absolute atomic E-state index is 12.9. The first-order valence-corrected chi connectivity index (χ1v) is 11.7. The maximum atomic E-state index is 12.9. The second-order valence-corrected chi connectivity index (χ2v) is 8.87. The lowest BCUT2D eigenvalue weighted by Gasteiger charge is -2.35. The van der Waals surface area contributed by atoms with Gasteiger partial charge in [0.25, 0.3) is 11.6 Å². The summed E-state index contributed by atoms with van der Waals surface area (Å²) in [5.74, 6) is -0.730. The number of nitrogens with one attached hydrogen (secondary N) is 1. The third kappa shape index (κ3) is 5.48. The minimum atomic E-state index is -0.473. The summed E-state index contributed by atoms with van der Waals surface area (Å²) in [5, 5.41) is 14.1. The molecule has 2 fully saturated rings. The fourth-order valence-corrected chi connectivity index (χ4v) is 4.62. The Kier molecular flexibility index (Phi) is 7.40. The molecular weight excluding hydrogens is 450 g/mol. The summed E-state index contributed by atoms with van der Waals surface area (Å²) < 4.78 is 0. The molecular formula is C25H29N5O5. The van der Waals surface area contributed by atoms with E-state index in [-0.39, 0.29) is 35.7 Å². The zero-order valence-corrected chi connectivity index (χ0v) is 19.7. The van der Waals surface area contributed by atoms with Gasteiger partial charge in [0, 0.05) is 75.1 Å². The van der Waals surface area contributed by atoms with Crippen LogP contribution < -0.4 is 10.2 Å². The number of nitro groups is 1. The van der Waals surface area contributed by atoms with Crippen LogP contribution in [0, 0.1) is 23.0 Å². The van der Waals surface area contributed by atoms with Gasteiger partial charge in [0.2, 0.25) is 11.8 Å². The van der Waals surface area contributed by atoms with Crippen molar-refractivity contribution in [3.8, 4) is 0 Å². The highest BCUT2D eigenvalue weighted by Crippen LogP contribution is 2.25. The van der Waals surface area contributed by atoms with E-state index in [0.717, 1.165) is 5.69 Å². The minimum absolute atomic E-state index is 0.0453. The van der Waals surface area contributed by atoms with Crippen molar-refractivity contribution < 1.29 is 19.3 Å². The van der Waals surface area contributed by atoms with E-state index in [2.05, 4.69) is 10.2 Å². The number of rotatable bonds is 7. The van der Waals surface area contributed by atoms with Crippen LogP contribution in [0.2, 0.25) is 0 Å². The number of benzene rings is 2. The quantitative estimate of drug-likeness (QED) is 0.479. The van der Waals surface area contributed by atoms with Gasteiger partial charge in [-0.25, -0.2) is 0 Å². The van der Waals surface area contributed by atoms with Crippen molar-refractivity contribution in [2.75, 3.05) is 50.7 Å². The van der Waals surface area contributed by atoms with Crippen molar-refractivity contribution in [1.82, 2.24) is 15.1 Å². The van der Waals surface area contributed by atoms with Crippen LogP contribution >= 0.6 is 0 Å². The molecule has 3 amide bonds. The van der Waals surface area contributed by atoms with Crippen molar-refractivity contribution in [2.24, 2.45) is 5.92 Å². The highest BCUT2D eigenvalue weighted by molar-refractivity contribution is 6.00. The number of amides is 3. The number of nitrogens with zero attached hydrogens (tertiary/aromatic N) is 4. The van der Waals surface area contributed by atoms with E-state index >= 15 is 0 Å². The van der Waals surface area contributed by atoms with Gasteiger partial charge < -0.3 is 15.1 Å². The van der Waals surface area contributed by atoms with Crippen molar-refractivity contribution in [2.45, 2.75) is 13.3 Å². The van der Waals surface area contributed by atoms with E-state index in [9.17, 15) is 24.5 Å². The average molecular weight is 480 g/mol. The molecule has 0 aliphatic carbocycles. The summed E-state index contributed by atoms with van der Waals surface area (Å²) in [6.45, 7) is 5.42. The van der Waals surface area contributed by atoms with Crippen LogP contribution in [0.5, 0.6) is 0 Å². The number of nitro benzene ring substituents is 1. The molecule has 0 bridgehead atoms. The molecule has 35 heavy (non-hydrogen) atoms. The Balaban J connectivity index is 1.21. The predicted molar refractivity (Wildman–Crippen MR) is 130 cm³/mol. The van der Waals surface area contributed by atoms with Crippen LogP contribution in [0.15, 0.2) is 48.5 Å². The number of para-hydroxylation sites is 1. The number of hydrogen-bond acceptors (Lipinski definition) is 6. The first-order chi connectivity index (χ1) is 16.8. The molecule has 0 aromatic heterocycles. The van der Waals surface area contributed by atoms with Gasteiger partial charge in [0.05, 0.1) is 10.8 Å². The molecule has 2 aliphatic rings. The monoisotopic (exact) mass is 479 g/mol. The van der Waals surface area contributed by atoms with Gasteiger partial charge in [-0.2, -0.15) is 0 Å². The Hall–Kier alpha value is -3.79. The van der Waals surface area contributed by atoms with Gasteiger partial charge in [-0.1, -0.05) is 24.3 Å². The molecule has 2 aromatic carbocycles. The van der Waals surface area contributed by atoms with E-state index in [1.54, 1.807) is 22.8 Å². The van der Waals surface area contributed by atoms with E-state index in [0.29, 0.717) is 56.9 Å². The van der Waals surface area contributed by atoms with Gasteiger partial charge in [-0.05, 0) is 25.1 Å². The molecule has 10 nitrogen and oxygen atoms in total. The highest BCUT2D eigenvalue weighted by Gasteiger charge is 2.35. The van der Waals surface area contributed by atoms with Crippen LogP contribution in [-0.4, -0.2) is 78.3 Å². The molecule has 1 N–H and O–H groups in total. The fourth-order valence-electron chi connectivity index (χ4n) is 4.62. The second-order valence-electron chi connectivity index (χ2n) is 8.87. The van der Waals surface area contributed by atoms with Crippen LogP contribution in [0.1, 0.15) is 22.3 Å². The molecule has 4 rings (SSSR count). The van der Waals surface area contributed by atoms with Gasteiger partial charge >= 0.3 is 0 Å². The molecule has 2 aromatic rings. The first-order valence-electron chi connectivity index (χ1n) is 11.7. The molecule has 0 spiro atoms. The summed E-state index contributed by atoms with van der Waals surface area (Å²) in [5.41, 5.74) is 1.49. The summed E-state index contributed by atoms with van der Waals surface area (Å²) in [6, 6.07) is 13.9. The predicted octanol–water partition coefficient (Wildman–Crippen LogP) is 1.83. The van der Waals surface area contributed by atoms with Crippen LogP contribution in [0.25, 0.3) is 0 Å². The number of carbonyl (C=O) groups excluding carboxylic acids is 3. The minimum Gasteiger partial charge on any atom is -0.355 e. The zero-order valence-electron chi connectivity index (χ0n) is 19.7. The topological polar surface area (TPSA) is 116 Å². The first kappa shape index (κ1) is 24.3. The maximum Gasteiger partial charge on any atom is 0.273 e. The smallest absolute Gasteiger partial charge is 0.273 e. The van der Waals surface area contributed by atoms with Crippen LogP contribution in [0.3, 0.4) is 0 Å². The van der Waals surface area contributed by atoms with Gasteiger partial charge in [0.15, 0.2) is 0 Å². The summed E-state index contributed by atoms with van der Waals surface area (Å²) >= 11 is 0. The van der Waals surface area contributed by atoms with Crippen molar-refractivity contribution in [3.63, 3.8) is 0 Å². The molecule has 1 unspecified atom stereocenters. The lowest BCUT2D eigenvalue weighted by molar-refractivity contribution is -0.385. The largest absolute Gasteiger partial charge is 0.355 e. The van der Waals surface area contributed by atoms with E-state index in [1.165, 1.54) is 12.1 Å². The van der Waals surface area contributed by atoms with Crippen molar-refractivity contribution in [3.05, 3.63) is 69.8 Å². The zero-order chi connectivity index (χ0) is 24.9. The van der Waals surface area contributed by atoms with E-state index < -0.39 is 4.92 Å². The summed E-state index contributed by atoms with van der Waals surface area (Å²) in [7, 11) is 0. The Morgan fingerprint density at radius 2 is 1.77 bits per heavy atom. The Labute approximate surface area is 203 Å². The number of piperazine rings is 1. The van der Waals surface area contributed by atoms with Crippen LogP contribution in [0.4, 0.5) is 11.4 Å². The second kappa shape index (κ2) is 10.6. The van der Waals surface area contributed by atoms with Crippen molar-refractivity contribution >= 4 is 29.1 Å². The number of carbonyl (C=O) groups is 3. The SMILES string of the molecule is Cc1c(C(=O)N2CCN(CCNC(=O)C3CC(=O)N(c4ccccc4)C3)CC2)cccc1[N+](=O)[O-]. The van der Waals surface area contributed by atoms with Crippen molar-refractivity contribution in [1.29, 1.82) is 0 Å². The standard InChI is InChI=1S/C25H29N5O5/c1-18-21(8-5-9-22(18)30(34)35)25(33)28-14-12-27(13-15-28)11-10-26-24(32)19-16-23(31)29(17-19)20-6-3-2-4-7-20/h2-9,19H,10-17H2,1H3,(H,26,32). The molecule has 2 heterocycles. The molecule has 1 atom stereocenters. The third-order valence-corrected chi connectivity index (χ3v) is 6.68. The van der Waals surface area contributed by atoms with Gasteiger partial charge in [0.1, 0.15) is 0 Å². The molecule has 184 valence electrons. The lowest BCUT2D eigenvalue weighted by atomic mass is 10.1. The molecule has 0 saturated carbocycles. The Morgan fingerprint density at radius 3 is 2.46 bits per heavy atom. The normalized spacial score (nSPS) is 18.5. The molecule has 0 radical (unpaired) electrons. The fraction of sp³-hybridized carbons (Fsp3) is 0.400. The van der Waals surface area contributed by atoms with E-state index in [1.807, 2.05) is 30.3 Å². The number of hydrogen-bond donors (Lipinski definition) is 1. The summed E-state index contributed by atoms with van der Waals surface area (Å²) in [4.78, 5) is 54.1. The molecule has 2 saturated heterocycles. The van der Waals surface area contributed by atoms with Gasteiger partial charge in [-0.15, -0.1) is 0 Å². The highest BCUT2D eigenvalue weighted by atomic mass is 16.6. The Morgan fingerprint density at radius 1 is 1.06 bits per heavy atom. The van der Waals surface area contributed by atoms with E-state index in [4.69, 9.17) is 0 Å². The van der Waals surface area contributed by atoms with Gasteiger partial charge in [-0.3, -0.25) is 29.4 Å². The van der Waals surface area contributed by atoms with Crippen LogP contribution in [-0.2, 0) is 9.59 Å². The molecule has 10 heteroatoms. The lowest BCUT2D eigenvalue weighted by Crippen LogP contribution is -2.50.